The van der Waals surface area contributed by atoms with Gasteiger partial charge in [-0.15, -0.1) is 0 Å². The summed E-state index contributed by atoms with van der Waals surface area (Å²) < 4.78 is 0. The van der Waals surface area contributed by atoms with Gasteiger partial charge in [0.15, 0.2) is 0 Å². The molecule has 2 nitrogen and oxygen atoms in total. The molecule has 4 N–H and O–H groups in total. The molecule has 0 aromatic heterocycles. The first kappa shape index (κ1) is 7.03. The number of hydrogen-bond acceptors (Lipinski definition) is 2. The van der Waals surface area contributed by atoms with E-state index in [1.807, 2.05) is 0 Å². The van der Waals surface area contributed by atoms with Crippen LogP contribution in [0, 0.1) is 5.92 Å². The Labute approximate surface area is 56.6 Å². The van der Waals surface area contributed by atoms with E-state index in [4.69, 9.17) is 11.5 Å². The Hall–Kier alpha value is -0.0800. The molecule has 9 heavy (non-hydrogen) atoms. The van der Waals surface area contributed by atoms with Gasteiger partial charge in [-0.2, -0.15) is 0 Å². The van der Waals surface area contributed by atoms with Crippen molar-refractivity contribution in [3.63, 3.8) is 0 Å². The highest BCUT2D eigenvalue weighted by molar-refractivity contribution is 4.83. The van der Waals surface area contributed by atoms with Crippen molar-refractivity contribution in [2.24, 2.45) is 17.4 Å². The van der Waals surface area contributed by atoms with Gasteiger partial charge in [-0.25, -0.2) is 0 Å². The number of rotatable bonds is 0. The van der Waals surface area contributed by atoms with E-state index in [9.17, 15) is 0 Å². The van der Waals surface area contributed by atoms with Crippen LogP contribution in [0.2, 0.25) is 0 Å². The maximum atomic E-state index is 5.74. The maximum absolute atomic E-state index is 5.74. The molecule has 1 aliphatic rings. The quantitative estimate of drug-likeness (QED) is 0.498. The van der Waals surface area contributed by atoms with Gasteiger partial charge in [-0.1, -0.05) is 6.92 Å². The van der Waals surface area contributed by atoms with Gasteiger partial charge in [0.1, 0.15) is 0 Å². The van der Waals surface area contributed by atoms with Gasteiger partial charge in [0.2, 0.25) is 0 Å². The van der Waals surface area contributed by atoms with Crippen molar-refractivity contribution in [2.45, 2.75) is 38.3 Å². The molecule has 1 saturated carbocycles. The van der Waals surface area contributed by atoms with E-state index in [1.165, 1.54) is 6.42 Å². The van der Waals surface area contributed by atoms with Crippen LogP contribution < -0.4 is 11.5 Å². The normalized spacial score (nSPS) is 45.0. The second-order valence-corrected chi connectivity index (χ2v) is 3.25. The highest BCUT2D eigenvalue weighted by Gasteiger charge is 2.21. The van der Waals surface area contributed by atoms with Crippen LogP contribution in [0.5, 0.6) is 0 Å². The minimum Gasteiger partial charge on any atom is -0.326 e. The number of nitrogens with two attached hydrogens (primary N) is 2. The lowest BCUT2D eigenvalue weighted by Gasteiger charge is -2.29. The first-order chi connectivity index (χ1) is 4.20. The Kier molecular flexibility index (Phi) is 2.09. The SMILES string of the molecule is CC1CC[C@@H](N)[C@@H](N)C1. The summed E-state index contributed by atoms with van der Waals surface area (Å²) >= 11 is 0. The second kappa shape index (κ2) is 2.67. The Morgan fingerprint density at radius 2 is 1.78 bits per heavy atom. The predicted octanol–water partition coefficient (Wildman–Crippen LogP) is 0.461. The molecule has 1 rings (SSSR count). The molecule has 0 radical (unpaired) electrons. The first-order valence-electron chi connectivity index (χ1n) is 3.71. The molecule has 0 heterocycles. The van der Waals surface area contributed by atoms with E-state index in [2.05, 4.69) is 6.92 Å². The summed E-state index contributed by atoms with van der Waals surface area (Å²) in [5, 5.41) is 0. The van der Waals surface area contributed by atoms with Crippen LogP contribution >= 0.6 is 0 Å². The lowest BCUT2D eigenvalue weighted by atomic mass is 9.84. The van der Waals surface area contributed by atoms with E-state index < -0.39 is 0 Å². The number of hydrogen-bond donors (Lipinski definition) is 2. The van der Waals surface area contributed by atoms with Crippen LogP contribution in [0.15, 0.2) is 0 Å². The summed E-state index contributed by atoms with van der Waals surface area (Å²) in [5.74, 6) is 0.791. The zero-order valence-electron chi connectivity index (χ0n) is 6.01. The summed E-state index contributed by atoms with van der Waals surface area (Å²) in [6, 6.07) is 0.523. The highest BCUT2D eigenvalue weighted by atomic mass is 14.8. The minimum atomic E-state index is 0.258. The Balaban J connectivity index is 2.35. The molecule has 1 fully saturated rings. The van der Waals surface area contributed by atoms with Crippen LogP contribution in [-0.2, 0) is 0 Å². The van der Waals surface area contributed by atoms with Crippen LogP contribution in [0.3, 0.4) is 0 Å². The molecule has 2 heteroatoms. The third kappa shape index (κ3) is 1.66. The molecule has 0 bridgehead atoms. The lowest BCUT2D eigenvalue weighted by molar-refractivity contribution is 0.307. The minimum absolute atomic E-state index is 0.258. The zero-order chi connectivity index (χ0) is 6.85. The van der Waals surface area contributed by atoms with E-state index in [-0.39, 0.29) is 12.1 Å². The topological polar surface area (TPSA) is 52.0 Å². The van der Waals surface area contributed by atoms with Crippen LogP contribution in [-0.4, -0.2) is 12.1 Å². The molecule has 0 spiro atoms. The summed E-state index contributed by atoms with van der Waals surface area (Å²) in [7, 11) is 0. The van der Waals surface area contributed by atoms with E-state index in [0.717, 1.165) is 18.8 Å². The maximum Gasteiger partial charge on any atom is 0.0194 e. The standard InChI is InChI=1S/C7H16N2/c1-5-2-3-6(8)7(9)4-5/h5-7H,2-4,8-9H2,1H3/t5?,6-,7+/m1/s1. The molecule has 0 aromatic rings. The van der Waals surface area contributed by atoms with Crippen LogP contribution in [0.1, 0.15) is 26.2 Å². The van der Waals surface area contributed by atoms with Gasteiger partial charge in [0.25, 0.3) is 0 Å². The fourth-order valence-electron chi connectivity index (χ4n) is 1.45. The third-order valence-electron chi connectivity index (χ3n) is 2.22. The average molecular weight is 128 g/mol. The molecule has 0 saturated heterocycles. The van der Waals surface area contributed by atoms with Gasteiger partial charge in [0, 0.05) is 12.1 Å². The molecule has 54 valence electrons. The van der Waals surface area contributed by atoms with Crippen molar-refractivity contribution >= 4 is 0 Å². The average Bonchev–Trinajstić information content (AvgIpc) is 1.80. The largest absolute Gasteiger partial charge is 0.326 e. The van der Waals surface area contributed by atoms with Gasteiger partial charge in [0.05, 0.1) is 0 Å². The fourth-order valence-corrected chi connectivity index (χ4v) is 1.45. The summed E-state index contributed by atoms with van der Waals surface area (Å²) in [6.07, 6.45) is 3.48. The Morgan fingerprint density at radius 3 is 2.22 bits per heavy atom. The van der Waals surface area contributed by atoms with Crippen molar-refractivity contribution in [3.05, 3.63) is 0 Å². The second-order valence-electron chi connectivity index (χ2n) is 3.25. The molecule has 3 atom stereocenters. The molecule has 0 amide bonds. The predicted molar refractivity (Wildman–Crippen MR) is 39.0 cm³/mol. The van der Waals surface area contributed by atoms with E-state index in [0.29, 0.717) is 0 Å². The van der Waals surface area contributed by atoms with Crippen molar-refractivity contribution < 1.29 is 0 Å². The molecular formula is C7H16N2. The lowest BCUT2D eigenvalue weighted by Crippen LogP contribution is -2.45. The first-order valence-corrected chi connectivity index (χ1v) is 3.71. The summed E-state index contributed by atoms with van der Waals surface area (Å²) in [4.78, 5) is 0. The van der Waals surface area contributed by atoms with E-state index in [1.54, 1.807) is 0 Å². The van der Waals surface area contributed by atoms with Crippen LogP contribution in [0.25, 0.3) is 0 Å². The van der Waals surface area contributed by atoms with Crippen molar-refractivity contribution in [3.8, 4) is 0 Å². The molecule has 0 aliphatic heterocycles. The zero-order valence-corrected chi connectivity index (χ0v) is 6.01. The van der Waals surface area contributed by atoms with Crippen molar-refractivity contribution in [1.29, 1.82) is 0 Å². The summed E-state index contributed by atoms with van der Waals surface area (Å²) in [6.45, 7) is 2.24. The summed E-state index contributed by atoms with van der Waals surface area (Å²) in [5.41, 5.74) is 11.5. The molecule has 1 unspecified atom stereocenters. The smallest absolute Gasteiger partial charge is 0.0194 e. The Morgan fingerprint density at radius 1 is 1.11 bits per heavy atom. The molecular weight excluding hydrogens is 112 g/mol. The Bertz CT molecular complexity index is 92.9. The van der Waals surface area contributed by atoms with Gasteiger partial charge >= 0.3 is 0 Å². The van der Waals surface area contributed by atoms with Gasteiger partial charge < -0.3 is 11.5 Å². The van der Waals surface area contributed by atoms with E-state index >= 15 is 0 Å². The third-order valence-corrected chi connectivity index (χ3v) is 2.22. The fraction of sp³-hybridized carbons (Fsp3) is 1.00. The van der Waals surface area contributed by atoms with Crippen molar-refractivity contribution in [2.75, 3.05) is 0 Å². The highest BCUT2D eigenvalue weighted by Crippen LogP contribution is 2.21. The molecule has 0 aromatic carbocycles. The van der Waals surface area contributed by atoms with Crippen molar-refractivity contribution in [1.82, 2.24) is 0 Å². The van der Waals surface area contributed by atoms with Gasteiger partial charge in [-0.05, 0) is 25.2 Å². The monoisotopic (exact) mass is 128 g/mol. The van der Waals surface area contributed by atoms with Crippen LogP contribution in [0.4, 0.5) is 0 Å². The molecule has 1 aliphatic carbocycles. The van der Waals surface area contributed by atoms with Gasteiger partial charge in [-0.3, -0.25) is 0 Å².